The van der Waals surface area contributed by atoms with Crippen molar-refractivity contribution in [3.63, 3.8) is 0 Å². The van der Waals surface area contributed by atoms with Gasteiger partial charge >= 0.3 is 0 Å². The smallest absolute Gasteiger partial charge is 0.253 e. The van der Waals surface area contributed by atoms with Gasteiger partial charge in [0.15, 0.2) is 0 Å². The molecule has 0 heterocycles. The molecule has 1 amide bonds. The van der Waals surface area contributed by atoms with Gasteiger partial charge in [-0.2, -0.15) is 4.31 Å². The molecule has 0 spiro atoms. The maximum absolute atomic E-state index is 12.4. The summed E-state index contributed by atoms with van der Waals surface area (Å²) in [6, 6.07) is 13.4. The van der Waals surface area contributed by atoms with Gasteiger partial charge in [0, 0.05) is 25.3 Å². The lowest BCUT2D eigenvalue weighted by atomic mass is 10.1. The van der Waals surface area contributed by atoms with Gasteiger partial charge in [0.25, 0.3) is 5.91 Å². The lowest BCUT2D eigenvalue weighted by Crippen LogP contribution is -2.30. The van der Waals surface area contributed by atoms with E-state index < -0.39 is 10.0 Å². The first-order chi connectivity index (χ1) is 11.9. The Morgan fingerprint density at radius 3 is 2.20 bits per heavy atom. The molecule has 0 aliphatic heterocycles. The van der Waals surface area contributed by atoms with Gasteiger partial charge in [0.1, 0.15) is 0 Å². The number of nitrogen functional groups attached to an aromatic ring is 1. The van der Waals surface area contributed by atoms with Gasteiger partial charge < -0.3 is 11.1 Å². The second-order valence-corrected chi connectivity index (χ2v) is 7.44. The Morgan fingerprint density at radius 1 is 1.04 bits per heavy atom. The monoisotopic (exact) mass is 361 g/mol. The Hall–Kier alpha value is -2.38. The predicted molar refractivity (Wildman–Crippen MR) is 98.6 cm³/mol. The Morgan fingerprint density at radius 2 is 1.64 bits per heavy atom. The van der Waals surface area contributed by atoms with E-state index >= 15 is 0 Å². The van der Waals surface area contributed by atoms with Gasteiger partial charge in [-0.15, -0.1) is 0 Å². The van der Waals surface area contributed by atoms with Crippen molar-refractivity contribution in [3.05, 3.63) is 59.7 Å². The van der Waals surface area contributed by atoms with Gasteiger partial charge in [-0.1, -0.05) is 38.1 Å². The van der Waals surface area contributed by atoms with Crippen molar-refractivity contribution in [2.24, 2.45) is 0 Å². The van der Waals surface area contributed by atoms with Crippen molar-refractivity contribution < 1.29 is 13.2 Å². The highest BCUT2D eigenvalue weighted by molar-refractivity contribution is 7.89. The molecule has 2 aromatic rings. The molecular weight excluding hydrogens is 338 g/mol. The summed E-state index contributed by atoms with van der Waals surface area (Å²) in [6.07, 6.45) is 0. The summed E-state index contributed by atoms with van der Waals surface area (Å²) in [5, 5.41) is 2.78. The van der Waals surface area contributed by atoms with Crippen molar-refractivity contribution in [1.82, 2.24) is 9.62 Å². The van der Waals surface area contributed by atoms with E-state index in [0.717, 1.165) is 5.56 Å². The summed E-state index contributed by atoms with van der Waals surface area (Å²) in [7, 11) is -3.47. The Bertz CT molecular complexity index is 829. The zero-order valence-corrected chi connectivity index (χ0v) is 15.2. The summed E-state index contributed by atoms with van der Waals surface area (Å²) in [4.78, 5) is 12.4. The summed E-state index contributed by atoms with van der Waals surface area (Å²) >= 11 is 0. The number of para-hydroxylation sites is 1. The number of hydrogen-bond acceptors (Lipinski definition) is 4. The van der Waals surface area contributed by atoms with E-state index in [1.54, 1.807) is 62.4 Å². The van der Waals surface area contributed by atoms with Crippen LogP contribution >= 0.6 is 0 Å². The van der Waals surface area contributed by atoms with Crippen molar-refractivity contribution in [1.29, 1.82) is 0 Å². The van der Waals surface area contributed by atoms with E-state index in [4.69, 9.17) is 5.73 Å². The molecule has 134 valence electrons. The molecule has 0 saturated carbocycles. The van der Waals surface area contributed by atoms with Crippen LogP contribution in [0.3, 0.4) is 0 Å². The summed E-state index contributed by atoms with van der Waals surface area (Å²) in [6.45, 7) is 4.75. The van der Waals surface area contributed by atoms with Gasteiger partial charge in [0.2, 0.25) is 10.0 Å². The highest BCUT2D eigenvalue weighted by Crippen LogP contribution is 2.16. The number of anilines is 1. The largest absolute Gasteiger partial charge is 0.398 e. The Labute approximate surface area is 148 Å². The summed E-state index contributed by atoms with van der Waals surface area (Å²) in [5.41, 5.74) is 7.42. The van der Waals surface area contributed by atoms with E-state index in [2.05, 4.69) is 5.32 Å². The quantitative estimate of drug-likeness (QED) is 0.740. The van der Waals surface area contributed by atoms with Crippen LogP contribution in [0, 0.1) is 0 Å². The second-order valence-electron chi connectivity index (χ2n) is 5.50. The molecule has 2 rings (SSSR count). The molecule has 0 fully saturated rings. The fourth-order valence-corrected chi connectivity index (χ4v) is 3.93. The molecule has 0 bridgehead atoms. The maximum atomic E-state index is 12.4. The number of nitrogens with one attached hydrogen (secondary N) is 1. The molecule has 6 nitrogen and oxygen atoms in total. The Balaban J connectivity index is 2.06. The second kappa shape index (κ2) is 8.13. The number of sulfonamides is 1. The number of hydrogen-bond donors (Lipinski definition) is 2. The van der Waals surface area contributed by atoms with Gasteiger partial charge in [-0.3, -0.25) is 4.79 Å². The first-order valence-corrected chi connectivity index (χ1v) is 9.56. The molecule has 25 heavy (non-hydrogen) atoms. The maximum Gasteiger partial charge on any atom is 0.253 e. The van der Waals surface area contributed by atoms with Crippen molar-refractivity contribution in [3.8, 4) is 0 Å². The van der Waals surface area contributed by atoms with E-state index in [1.165, 1.54) is 4.31 Å². The zero-order valence-electron chi connectivity index (χ0n) is 14.4. The van der Waals surface area contributed by atoms with Crippen LogP contribution in [0.2, 0.25) is 0 Å². The molecule has 0 atom stereocenters. The first kappa shape index (κ1) is 19.0. The summed E-state index contributed by atoms with van der Waals surface area (Å²) in [5.74, 6) is -0.266. The van der Waals surface area contributed by atoms with Gasteiger partial charge in [-0.05, 0) is 29.8 Å². The van der Waals surface area contributed by atoms with Crippen LogP contribution < -0.4 is 11.1 Å². The third-order valence-electron chi connectivity index (χ3n) is 3.93. The van der Waals surface area contributed by atoms with Crippen molar-refractivity contribution >= 4 is 21.6 Å². The van der Waals surface area contributed by atoms with Crippen LogP contribution in [0.4, 0.5) is 5.69 Å². The predicted octanol–water partition coefficient (Wildman–Crippen LogP) is 2.23. The highest BCUT2D eigenvalue weighted by Gasteiger charge is 2.21. The van der Waals surface area contributed by atoms with Crippen molar-refractivity contribution in [2.45, 2.75) is 25.3 Å². The molecule has 0 aromatic heterocycles. The molecular formula is C18H23N3O3S. The van der Waals surface area contributed by atoms with Gasteiger partial charge in [-0.25, -0.2) is 8.42 Å². The number of nitrogens with two attached hydrogens (primary N) is 1. The molecule has 7 heteroatoms. The fourth-order valence-electron chi connectivity index (χ4n) is 2.47. The topological polar surface area (TPSA) is 92.5 Å². The average molecular weight is 361 g/mol. The minimum absolute atomic E-state index is 0.249. The minimum Gasteiger partial charge on any atom is -0.398 e. The number of rotatable bonds is 7. The highest BCUT2D eigenvalue weighted by atomic mass is 32.2. The molecule has 2 aromatic carbocycles. The van der Waals surface area contributed by atoms with E-state index in [0.29, 0.717) is 30.9 Å². The molecule has 0 aliphatic carbocycles. The number of amides is 1. The van der Waals surface area contributed by atoms with E-state index in [9.17, 15) is 13.2 Å². The third-order valence-corrected chi connectivity index (χ3v) is 5.99. The lowest BCUT2D eigenvalue weighted by molar-refractivity contribution is 0.0952. The van der Waals surface area contributed by atoms with Crippen molar-refractivity contribution in [2.75, 3.05) is 18.8 Å². The first-order valence-electron chi connectivity index (χ1n) is 8.12. The van der Waals surface area contributed by atoms with Gasteiger partial charge in [0.05, 0.1) is 10.5 Å². The summed E-state index contributed by atoms with van der Waals surface area (Å²) < 4.78 is 26.3. The molecule has 3 N–H and O–H groups in total. The Kier molecular flexibility index (Phi) is 6.17. The SMILES string of the molecule is CCN(CC)S(=O)(=O)c1ccc(CNC(=O)c2ccccc2N)cc1. The number of nitrogens with zero attached hydrogens (tertiary/aromatic N) is 1. The zero-order chi connectivity index (χ0) is 18.4. The molecule has 0 unspecified atom stereocenters. The van der Waals surface area contributed by atoms with Crippen LogP contribution in [-0.4, -0.2) is 31.7 Å². The van der Waals surface area contributed by atoms with Crippen LogP contribution in [0.5, 0.6) is 0 Å². The number of benzene rings is 2. The van der Waals surface area contributed by atoms with Crippen LogP contribution in [-0.2, 0) is 16.6 Å². The minimum atomic E-state index is -3.47. The number of carbonyl (C=O) groups excluding carboxylic acids is 1. The lowest BCUT2D eigenvalue weighted by Gasteiger charge is -2.18. The third kappa shape index (κ3) is 4.37. The van der Waals surface area contributed by atoms with Crippen LogP contribution in [0.25, 0.3) is 0 Å². The molecule has 0 aliphatic rings. The fraction of sp³-hybridized carbons (Fsp3) is 0.278. The normalized spacial score (nSPS) is 11.5. The van der Waals surface area contributed by atoms with E-state index in [1.807, 2.05) is 0 Å². The van der Waals surface area contributed by atoms with Crippen LogP contribution in [0.1, 0.15) is 29.8 Å². The molecule has 0 radical (unpaired) electrons. The van der Waals surface area contributed by atoms with Crippen LogP contribution in [0.15, 0.2) is 53.4 Å². The number of carbonyl (C=O) groups is 1. The van der Waals surface area contributed by atoms with E-state index in [-0.39, 0.29) is 10.8 Å². The standard InChI is InChI=1S/C18H23N3O3S/c1-3-21(4-2)25(23,24)15-11-9-14(10-12-15)13-20-18(22)16-7-5-6-8-17(16)19/h5-12H,3-4,13,19H2,1-2H3,(H,20,22). The molecule has 0 saturated heterocycles. The average Bonchev–Trinajstić information content (AvgIpc) is 2.61.